The molecule has 1 aliphatic rings. The number of aromatic amines is 1. The Kier molecular flexibility index (Phi) is 4.17. The van der Waals surface area contributed by atoms with Crippen molar-refractivity contribution in [2.24, 2.45) is 0 Å². The van der Waals surface area contributed by atoms with E-state index < -0.39 is 21.6 Å². The molecule has 0 radical (unpaired) electrons. The van der Waals surface area contributed by atoms with Gasteiger partial charge in [-0.3, -0.25) is 9.59 Å². The fraction of sp³-hybridized carbons (Fsp3) is 0.455. The number of H-pyrrole nitrogens is 1. The average Bonchev–Trinajstić information content (AvgIpc) is 3.15. The molecule has 20 heavy (non-hydrogen) atoms. The highest BCUT2D eigenvalue weighted by Gasteiger charge is 2.28. The fourth-order valence-corrected chi connectivity index (χ4v) is 2.93. The van der Waals surface area contributed by atoms with Crippen LogP contribution in [-0.4, -0.2) is 31.4 Å². The van der Waals surface area contributed by atoms with E-state index in [-0.39, 0.29) is 21.9 Å². The lowest BCUT2D eigenvalue weighted by Gasteiger charge is -2.14. The minimum absolute atomic E-state index is 0.150. The van der Waals surface area contributed by atoms with E-state index in [1.54, 1.807) is 0 Å². The van der Waals surface area contributed by atoms with Gasteiger partial charge in [0.2, 0.25) is 15.9 Å². The van der Waals surface area contributed by atoms with Gasteiger partial charge in [0.25, 0.3) is 5.56 Å². The molecule has 1 aliphatic carbocycles. The number of hydrogen-bond donors (Lipinski definition) is 3. The monoisotopic (exact) mass is 319 g/mol. The Balaban J connectivity index is 2.11. The molecule has 110 valence electrons. The van der Waals surface area contributed by atoms with E-state index in [2.05, 4.69) is 15.0 Å². The smallest absolute Gasteiger partial charge is 0.266 e. The average molecular weight is 320 g/mol. The van der Waals surface area contributed by atoms with Gasteiger partial charge in [0, 0.05) is 12.2 Å². The number of carbonyl (C=O) groups is 1. The summed E-state index contributed by atoms with van der Waals surface area (Å²) in [6.07, 6.45) is 2.86. The summed E-state index contributed by atoms with van der Waals surface area (Å²) < 4.78 is 26.3. The van der Waals surface area contributed by atoms with Crippen molar-refractivity contribution in [1.29, 1.82) is 0 Å². The van der Waals surface area contributed by atoms with Crippen LogP contribution in [0.1, 0.15) is 19.8 Å². The van der Waals surface area contributed by atoms with Gasteiger partial charge in [0.15, 0.2) is 0 Å². The number of nitrogens with one attached hydrogen (secondary N) is 3. The van der Waals surface area contributed by atoms with Gasteiger partial charge in [-0.25, -0.2) is 8.42 Å². The van der Waals surface area contributed by atoms with Crippen molar-refractivity contribution < 1.29 is 13.2 Å². The second-order valence-corrected chi connectivity index (χ2v) is 6.76. The molecule has 9 heteroatoms. The van der Waals surface area contributed by atoms with E-state index in [9.17, 15) is 18.0 Å². The van der Waals surface area contributed by atoms with Crippen molar-refractivity contribution in [1.82, 2.24) is 15.0 Å². The first-order valence-corrected chi connectivity index (χ1v) is 7.86. The van der Waals surface area contributed by atoms with Crippen molar-refractivity contribution in [2.75, 3.05) is 0 Å². The van der Waals surface area contributed by atoms with E-state index in [4.69, 9.17) is 11.6 Å². The van der Waals surface area contributed by atoms with E-state index in [1.165, 1.54) is 6.92 Å². The molecule has 2 rings (SSSR count). The summed E-state index contributed by atoms with van der Waals surface area (Å²) in [5, 5.41) is 2.47. The topological polar surface area (TPSA) is 108 Å². The molecule has 1 atom stereocenters. The maximum atomic E-state index is 12.0. The molecule has 1 aromatic rings. The Hall–Kier alpha value is -1.38. The molecular weight excluding hydrogens is 306 g/mol. The lowest BCUT2D eigenvalue weighted by Crippen LogP contribution is -2.45. The van der Waals surface area contributed by atoms with Crippen molar-refractivity contribution >= 4 is 27.5 Å². The van der Waals surface area contributed by atoms with Crippen LogP contribution in [0.3, 0.4) is 0 Å². The lowest BCUT2D eigenvalue weighted by atomic mass is 10.3. The van der Waals surface area contributed by atoms with Crippen LogP contribution >= 0.6 is 11.6 Å². The minimum atomic E-state index is -3.92. The van der Waals surface area contributed by atoms with Crippen LogP contribution in [0.25, 0.3) is 0 Å². The third-order valence-corrected chi connectivity index (χ3v) is 4.59. The van der Waals surface area contributed by atoms with Crippen LogP contribution in [0.4, 0.5) is 0 Å². The highest BCUT2D eigenvalue weighted by Crippen LogP contribution is 2.18. The zero-order chi connectivity index (χ0) is 14.9. The normalized spacial score (nSPS) is 16.7. The first-order valence-electron chi connectivity index (χ1n) is 6.00. The van der Waals surface area contributed by atoms with Gasteiger partial charge >= 0.3 is 0 Å². The Morgan fingerprint density at radius 2 is 2.15 bits per heavy atom. The van der Waals surface area contributed by atoms with E-state index in [0.717, 1.165) is 25.1 Å². The molecule has 1 aromatic heterocycles. The van der Waals surface area contributed by atoms with Crippen LogP contribution in [0.5, 0.6) is 0 Å². The highest BCUT2D eigenvalue weighted by molar-refractivity contribution is 7.89. The number of aromatic nitrogens is 1. The van der Waals surface area contributed by atoms with Gasteiger partial charge in [-0.2, -0.15) is 4.72 Å². The zero-order valence-electron chi connectivity index (χ0n) is 10.6. The third-order valence-electron chi connectivity index (χ3n) is 2.79. The van der Waals surface area contributed by atoms with Crippen molar-refractivity contribution in [3.63, 3.8) is 0 Å². The summed E-state index contributed by atoms with van der Waals surface area (Å²) in [5.41, 5.74) is -0.579. The summed E-state index contributed by atoms with van der Waals surface area (Å²) in [7, 11) is -3.92. The number of pyridine rings is 1. The van der Waals surface area contributed by atoms with Crippen LogP contribution in [0, 0.1) is 0 Å². The van der Waals surface area contributed by atoms with E-state index >= 15 is 0 Å². The number of hydrogen-bond acceptors (Lipinski definition) is 4. The molecule has 1 fully saturated rings. The molecule has 0 bridgehead atoms. The molecule has 1 unspecified atom stereocenters. The number of halogens is 1. The molecule has 0 aliphatic heterocycles. The third kappa shape index (κ3) is 3.59. The highest BCUT2D eigenvalue weighted by atomic mass is 35.5. The molecular formula is C11H14ClN3O4S. The molecule has 3 N–H and O–H groups in total. The first kappa shape index (κ1) is 15.0. The largest absolute Gasteiger partial charge is 0.352 e. The maximum absolute atomic E-state index is 12.0. The molecule has 1 amide bonds. The quantitative estimate of drug-likeness (QED) is 0.708. The van der Waals surface area contributed by atoms with E-state index in [1.807, 2.05) is 0 Å². The number of amides is 1. The van der Waals surface area contributed by atoms with Crippen LogP contribution < -0.4 is 15.6 Å². The van der Waals surface area contributed by atoms with Gasteiger partial charge in [-0.1, -0.05) is 11.6 Å². The molecule has 7 nitrogen and oxygen atoms in total. The van der Waals surface area contributed by atoms with Crippen molar-refractivity contribution in [2.45, 2.75) is 36.7 Å². The zero-order valence-corrected chi connectivity index (χ0v) is 12.2. The standard InChI is InChI=1S/C11H14ClN3O4S/c1-6(10(16)14-7-2-3-7)15-20(18,19)8-4-9(12)11(17)13-5-8/h4-7,15H,2-3H2,1H3,(H,13,17)(H,14,16). The van der Waals surface area contributed by atoms with Gasteiger partial charge in [-0.15, -0.1) is 0 Å². The Labute approximate surface area is 120 Å². The van der Waals surface area contributed by atoms with Gasteiger partial charge in [0.05, 0.1) is 10.9 Å². The van der Waals surface area contributed by atoms with Crippen LogP contribution in [-0.2, 0) is 14.8 Å². The summed E-state index contributed by atoms with van der Waals surface area (Å²) in [6, 6.07) is 0.275. The van der Waals surface area contributed by atoms with Gasteiger partial charge in [0.1, 0.15) is 5.02 Å². The second kappa shape index (κ2) is 5.55. The van der Waals surface area contributed by atoms with E-state index in [0.29, 0.717) is 0 Å². The predicted molar refractivity (Wildman–Crippen MR) is 73.0 cm³/mol. The van der Waals surface area contributed by atoms with Gasteiger partial charge < -0.3 is 10.3 Å². The number of rotatable bonds is 5. The molecule has 0 aromatic carbocycles. The van der Waals surface area contributed by atoms with Gasteiger partial charge in [-0.05, 0) is 25.8 Å². The van der Waals surface area contributed by atoms with Crippen LogP contribution in [0.15, 0.2) is 22.0 Å². The molecule has 1 heterocycles. The molecule has 0 saturated heterocycles. The SMILES string of the molecule is CC(NS(=O)(=O)c1c[nH]c(=O)c(Cl)c1)C(=O)NC1CC1. The molecule has 0 spiro atoms. The number of carbonyl (C=O) groups excluding carboxylic acids is 1. The fourth-order valence-electron chi connectivity index (χ4n) is 1.50. The van der Waals surface area contributed by atoms with Crippen LogP contribution in [0.2, 0.25) is 5.02 Å². The summed E-state index contributed by atoms with van der Waals surface area (Å²) in [5.74, 6) is -0.383. The Morgan fingerprint density at radius 3 is 2.70 bits per heavy atom. The summed E-state index contributed by atoms with van der Waals surface area (Å²) in [6.45, 7) is 1.45. The summed E-state index contributed by atoms with van der Waals surface area (Å²) >= 11 is 5.58. The summed E-state index contributed by atoms with van der Waals surface area (Å²) in [4.78, 5) is 24.8. The predicted octanol–water partition coefficient (Wildman–Crippen LogP) is -0.0263. The lowest BCUT2D eigenvalue weighted by molar-refractivity contribution is -0.122. The minimum Gasteiger partial charge on any atom is -0.352 e. The Bertz CT molecular complexity index is 681. The van der Waals surface area contributed by atoms with Crippen molar-refractivity contribution in [3.05, 3.63) is 27.6 Å². The molecule has 1 saturated carbocycles. The second-order valence-electron chi connectivity index (χ2n) is 4.64. The number of sulfonamides is 1. The maximum Gasteiger partial charge on any atom is 0.266 e. The van der Waals surface area contributed by atoms with Crippen molar-refractivity contribution in [3.8, 4) is 0 Å². The first-order chi connectivity index (χ1) is 9.29. The Morgan fingerprint density at radius 1 is 1.50 bits per heavy atom.